The largest absolute Gasteiger partial charge is 0.508 e. The van der Waals surface area contributed by atoms with Gasteiger partial charge in [-0.3, -0.25) is 9.69 Å². The van der Waals surface area contributed by atoms with Crippen molar-refractivity contribution in [2.24, 2.45) is 11.7 Å². The summed E-state index contributed by atoms with van der Waals surface area (Å²) < 4.78 is 0. The predicted molar refractivity (Wildman–Crippen MR) is 68.0 cm³/mol. The molecule has 96 valence electrons. The lowest BCUT2D eigenvalue weighted by molar-refractivity contribution is -0.121. The van der Waals surface area contributed by atoms with Crippen LogP contribution in [0.25, 0.3) is 0 Å². The molecule has 0 aromatic heterocycles. The average molecular weight is 246 g/mol. The lowest BCUT2D eigenvalue weighted by Crippen LogP contribution is -2.29. The summed E-state index contributed by atoms with van der Waals surface area (Å²) in [7, 11) is 0. The molecule has 1 heterocycles. The lowest BCUT2D eigenvalue weighted by Gasteiger charge is -2.24. The van der Waals surface area contributed by atoms with E-state index in [-0.39, 0.29) is 11.8 Å². The highest BCUT2D eigenvalue weighted by molar-refractivity contribution is 5.77. The van der Waals surface area contributed by atoms with Gasteiger partial charge in [-0.2, -0.15) is 0 Å². The van der Waals surface area contributed by atoms with Crippen molar-refractivity contribution in [2.75, 3.05) is 13.1 Å². The zero-order valence-electron chi connectivity index (χ0n) is 10.3. The second-order valence-corrected chi connectivity index (χ2v) is 5.28. The van der Waals surface area contributed by atoms with Crippen molar-refractivity contribution in [3.8, 4) is 5.75 Å². The van der Waals surface area contributed by atoms with Crippen LogP contribution in [0.1, 0.15) is 30.0 Å². The molecule has 0 bridgehead atoms. The fraction of sp³-hybridized carbons (Fsp3) is 0.500. The van der Waals surface area contributed by atoms with Crippen molar-refractivity contribution < 1.29 is 9.90 Å². The quantitative estimate of drug-likeness (QED) is 0.823. The van der Waals surface area contributed by atoms with E-state index in [1.54, 1.807) is 6.07 Å². The number of hydrogen-bond donors (Lipinski definition) is 2. The van der Waals surface area contributed by atoms with Gasteiger partial charge in [0.1, 0.15) is 5.75 Å². The highest BCUT2D eigenvalue weighted by Gasteiger charge is 2.35. The number of likely N-dealkylation sites (tertiary alicyclic amines) is 1. The highest BCUT2D eigenvalue weighted by atomic mass is 16.3. The number of rotatable bonds is 2. The molecule has 4 nitrogen and oxygen atoms in total. The summed E-state index contributed by atoms with van der Waals surface area (Å²) in [4.78, 5) is 13.6. The van der Waals surface area contributed by atoms with Gasteiger partial charge in [0, 0.05) is 12.6 Å². The molecule has 3 N–H and O–H groups in total. The van der Waals surface area contributed by atoms with Gasteiger partial charge >= 0.3 is 0 Å². The third-order valence-electron chi connectivity index (χ3n) is 4.28. The minimum absolute atomic E-state index is 0.00800. The maximum absolute atomic E-state index is 11.2. The Hall–Kier alpha value is -1.55. The monoisotopic (exact) mass is 246 g/mol. The first-order valence-electron chi connectivity index (χ1n) is 6.51. The van der Waals surface area contributed by atoms with E-state index < -0.39 is 0 Å². The number of phenols is 1. The molecule has 0 spiro atoms. The number of phenolic OH excluding ortho intramolecular Hbond substituents is 1. The molecule has 4 heteroatoms. The lowest BCUT2D eigenvalue weighted by atomic mass is 10.1. The van der Waals surface area contributed by atoms with Crippen molar-refractivity contribution in [1.82, 2.24) is 4.90 Å². The van der Waals surface area contributed by atoms with Crippen LogP contribution in [0, 0.1) is 5.92 Å². The maximum atomic E-state index is 11.2. The number of amides is 1. The van der Waals surface area contributed by atoms with Crippen LogP contribution in [0.2, 0.25) is 0 Å². The number of carbonyl (C=O) groups is 1. The van der Waals surface area contributed by atoms with E-state index in [1.807, 2.05) is 6.07 Å². The fourth-order valence-corrected chi connectivity index (χ4v) is 3.30. The fourth-order valence-electron chi connectivity index (χ4n) is 3.30. The van der Waals surface area contributed by atoms with Gasteiger partial charge in [-0.15, -0.1) is 0 Å². The standard InChI is InChI=1S/C14H18N2O2/c15-14(18)9-6-7-16(8-9)12-5-4-11-10(12)2-1-3-13(11)17/h1-3,9,12,17H,4-8H2,(H2,15,18). The Morgan fingerprint density at radius 3 is 2.94 bits per heavy atom. The summed E-state index contributed by atoms with van der Waals surface area (Å²) in [6.07, 6.45) is 2.81. The predicted octanol–water partition coefficient (Wildman–Crippen LogP) is 1.19. The minimum atomic E-state index is -0.188. The Morgan fingerprint density at radius 2 is 2.22 bits per heavy atom. The van der Waals surface area contributed by atoms with Crippen molar-refractivity contribution in [3.63, 3.8) is 0 Å². The zero-order valence-corrected chi connectivity index (χ0v) is 10.3. The third-order valence-corrected chi connectivity index (χ3v) is 4.28. The number of aromatic hydroxyl groups is 1. The van der Waals surface area contributed by atoms with Gasteiger partial charge in [0.15, 0.2) is 0 Å². The smallest absolute Gasteiger partial charge is 0.221 e. The molecule has 1 aliphatic carbocycles. The van der Waals surface area contributed by atoms with E-state index in [2.05, 4.69) is 11.0 Å². The van der Waals surface area contributed by atoms with E-state index >= 15 is 0 Å². The molecule has 0 saturated carbocycles. The Balaban J connectivity index is 1.81. The number of primary amides is 1. The molecule has 2 atom stereocenters. The van der Waals surface area contributed by atoms with E-state index in [0.29, 0.717) is 11.8 Å². The zero-order chi connectivity index (χ0) is 12.7. The molecule has 1 amide bonds. The number of nitrogens with two attached hydrogens (primary N) is 1. The summed E-state index contributed by atoms with van der Waals surface area (Å²) in [5.74, 6) is 0.207. The van der Waals surface area contributed by atoms with Crippen molar-refractivity contribution in [2.45, 2.75) is 25.3 Å². The number of benzene rings is 1. The Kier molecular flexibility index (Phi) is 2.74. The molecule has 18 heavy (non-hydrogen) atoms. The number of carbonyl (C=O) groups excluding carboxylic acids is 1. The Morgan fingerprint density at radius 1 is 1.39 bits per heavy atom. The van der Waals surface area contributed by atoms with Crippen molar-refractivity contribution in [3.05, 3.63) is 29.3 Å². The second-order valence-electron chi connectivity index (χ2n) is 5.28. The first-order chi connectivity index (χ1) is 8.66. The molecule has 1 saturated heterocycles. The first kappa shape index (κ1) is 11.5. The number of nitrogens with zero attached hydrogens (tertiary/aromatic N) is 1. The van der Waals surface area contributed by atoms with Gasteiger partial charge in [-0.1, -0.05) is 12.1 Å². The summed E-state index contributed by atoms with van der Waals surface area (Å²) in [6.45, 7) is 1.68. The third kappa shape index (κ3) is 1.77. The van der Waals surface area contributed by atoms with E-state index in [9.17, 15) is 9.90 Å². The molecule has 0 radical (unpaired) electrons. The van der Waals surface area contributed by atoms with Crippen LogP contribution >= 0.6 is 0 Å². The van der Waals surface area contributed by atoms with Gasteiger partial charge in [0.25, 0.3) is 0 Å². The summed E-state index contributed by atoms with van der Waals surface area (Å²) in [6, 6.07) is 6.08. The van der Waals surface area contributed by atoms with Gasteiger partial charge in [-0.25, -0.2) is 0 Å². The second kappa shape index (κ2) is 4.28. The Labute approximate surface area is 106 Å². The van der Waals surface area contributed by atoms with E-state index in [1.165, 1.54) is 5.56 Å². The molecule has 1 fully saturated rings. The molecule has 1 aromatic carbocycles. The van der Waals surface area contributed by atoms with Gasteiger partial charge < -0.3 is 10.8 Å². The van der Waals surface area contributed by atoms with Crippen LogP contribution in [0.3, 0.4) is 0 Å². The molecular weight excluding hydrogens is 228 g/mol. The van der Waals surface area contributed by atoms with E-state index in [4.69, 9.17) is 5.73 Å². The highest BCUT2D eigenvalue weighted by Crippen LogP contribution is 2.41. The molecule has 1 aliphatic heterocycles. The maximum Gasteiger partial charge on any atom is 0.221 e. The Bertz CT molecular complexity index is 487. The molecule has 1 aromatic rings. The minimum Gasteiger partial charge on any atom is -0.508 e. The normalized spacial score (nSPS) is 27.3. The number of fused-ring (bicyclic) bond motifs is 1. The molecular formula is C14H18N2O2. The van der Waals surface area contributed by atoms with Crippen LogP contribution in [0.4, 0.5) is 0 Å². The van der Waals surface area contributed by atoms with Gasteiger partial charge in [0.2, 0.25) is 5.91 Å². The molecule has 2 unspecified atom stereocenters. The van der Waals surface area contributed by atoms with Crippen LogP contribution < -0.4 is 5.73 Å². The van der Waals surface area contributed by atoms with Crippen molar-refractivity contribution >= 4 is 5.91 Å². The first-order valence-corrected chi connectivity index (χ1v) is 6.51. The van der Waals surface area contributed by atoms with Gasteiger partial charge in [0.05, 0.1) is 5.92 Å². The molecule has 3 rings (SSSR count). The average Bonchev–Trinajstić information content (AvgIpc) is 2.94. The number of hydrogen-bond acceptors (Lipinski definition) is 3. The summed E-state index contributed by atoms with van der Waals surface area (Å²) in [5.41, 5.74) is 7.67. The SMILES string of the molecule is NC(=O)C1CCN(C2CCc3c(O)cccc32)C1. The molecule has 2 aliphatic rings. The topological polar surface area (TPSA) is 66.6 Å². The van der Waals surface area contributed by atoms with Crippen LogP contribution in [0.15, 0.2) is 18.2 Å². The summed E-state index contributed by atoms with van der Waals surface area (Å²) >= 11 is 0. The van der Waals surface area contributed by atoms with E-state index in [0.717, 1.165) is 37.9 Å². The van der Waals surface area contributed by atoms with Gasteiger partial charge in [-0.05, 0) is 43.0 Å². The summed E-state index contributed by atoms with van der Waals surface area (Å²) in [5, 5.41) is 9.84. The van der Waals surface area contributed by atoms with Crippen LogP contribution in [0.5, 0.6) is 5.75 Å². The van der Waals surface area contributed by atoms with Crippen LogP contribution in [-0.4, -0.2) is 29.0 Å². The van der Waals surface area contributed by atoms with Crippen molar-refractivity contribution in [1.29, 1.82) is 0 Å². The van der Waals surface area contributed by atoms with Crippen LogP contribution in [-0.2, 0) is 11.2 Å².